The third kappa shape index (κ3) is 2.99. The maximum absolute atomic E-state index is 5.90. The summed E-state index contributed by atoms with van der Waals surface area (Å²) in [7, 11) is 0. The molecule has 4 nitrogen and oxygen atoms in total. The van der Waals surface area contributed by atoms with Gasteiger partial charge >= 0.3 is 0 Å². The van der Waals surface area contributed by atoms with Gasteiger partial charge in [0, 0.05) is 18.8 Å². The van der Waals surface area contributed by atoms with Crippen molar-refractivity contribution in [2.45, 2.75) is 40.0 Å². The van der Waals surface area contributed by atoms with Crippen molar-refractivity contribution in [3.63, 3.8) is 0 Å². The van der Waals surface area contributed by atoms with Crippen molar-refractivity contribution in [1.29, 1.82) is 0 Å². The summed E-state index contributed by atoms with van der Waals surface area (Å²) in [6, 6.07) is 6.37. The zero-order valence-corrected chi connectivity index (χ0v) is 13.2. The summed E-state index contributed by atoms with van der Waals surface area (Å²) < 4.78 is 5.90. The minimum absolute atomic E-state index is 0.381. The molecule has 1 aliphatic heterocycles. The molecule has 0 spiro atoms. The number of rotatable bonds is 1. The van der Waals surface area contributed by atoms with Crippen LogP contribution >= 0.6 is 0 Å². The molecule has 1 fully saturated rings. The Balaban J connectivity index is 1.79. The van der Waals surface area contributed by atoms with E-state index in [1.165, 1.54) is 19.3 Å². The highest BCUT2D eigenvalue weighted by molar-refractivity contribution is 5.78. The minimum atomic E-state index is 0.381. The van der Waals surface area contributed by atoms with Crippen molar-refractivity contribution in [3.05, 3.63) is 18.2 Å². The van der Waals surface area contributed by atoms with Crippen LogP contribution in [0.2, 0.25) is 0 Å². The van der Waals surface area contributed by atoms with Gasteiger partial charge in [0.05, 0.1) is 0 Å². The molecular formula is C17H25N3O. The zero-order chi connectivity index (χ0) is 15.0. The first-order valence-electron chi connectivity index (χ1n) is 7.84. The molecule has 1 atom stereocenters. The number of aromatic nitrogens is 1. The van der Waals surface area contributed by atoms with E-state index < -0.39 is 0 Å². The Kier molecular flexibility index (Phi) is 3.56. The SMILES string of the molecule is CC(C)(C)C1CCCN(c2nc3cc(N)ccc3o2)CC1. The van der Waals surface area contributed by atoms with E-state index in [-0.39, 0.29) is 0 Å². The summed E-state index contributed by atoms with van der Waals surface area (Å²) in [5, 5.41) is 0. The van der Waals surface area contributed by atoms with Gasteiger partial charge in [-0.2, -0.15) is 4.98 Å². The highest BCUT2D eigenvalue weighted by atomic mass is 16.4. The molecule has 2 heterocycles. The lowest BCUT2D eigenvalue weighted by Crippen LogP contribution is -2.26. The number of oxazole rings is 1. The van der Waals surface area contributed by atoms with Crippen LogP contribution in [0.3, 0.4) is 0 Å². The molecule has 0 saturated carbocycles. The van der Waals surface area contributed by atoms with E-state index >= 15 is 0 Å². The second-order valence-corrected chi connectivity index (χ2v) is 7.20. The normalized spacial score (nSPS) is 20.7. The number of nitrogens with two attached hydrogens (primary N) is 1. The molecule has 1 aromatic carbocycles. The zero-order valence-electron chi connectivity index (χ0n) is 13.2. The molecule has 3 rings (SSSR count). The van der Waals surface area contributed by atoms with Gasteiger partial charge in [0.15, 0.2) is 5.58 Å². The van der Waals surface area contributed by atoms with Gasteiger partial charge in [-0.3, -0.25) is 0 Å². The number of nitrogens with zero attached hydrogens (tertiary/aromatic N) is 2. The molecule has 0 amide bonds. The molecule has 2 N–H and O–H groups in total. The number of hydrogen-bond donors (Lipinski definition) is 1. The quantitative estimate of drug-likeness (QED) is 0.803. The van der Waals surface area contributed by atoms with E-state index in [1.54, 1.807) is 0 Å². The first-order chi connectivity index (χ1) is 9.93. The van der Waals surface area contributed by atoms with Crippen molar-refractivity contribution < 1.29 is 4.42 Å². The number of benzene rings is 1. The van der Waals surface area contributed by atoms with Crippen LogP contribution < -0.4 is 10.6 Å². The van der Waals surface area contributed by atoms with E-state index in [0.717, 1.165) is 41.8 Å². The fourth-order valence-electron chi connectivity index (χ4n) is 3.22. The number of fused-ring (bicyclic) bond motifs is 1. The standard InChI is InChI=1S/C17H25N3O/c1-17(2,3)12-5-4-9-20(10-8-12)16-19-14-11-13(18)6-7-15(14)21-16/h6-7,11-12H,4-5,8-10,18H2,1-3H3. The van der Waals surface area contributed by atoms with E-state index in [2.05, 4.69) is 30.7 Å². The Hall–Kier alpha value is -1.71. The molecule has 1 aromatic heterocycles. The molecule has 1 unspecified atom stereocenters. The van der Waals surface area contributed by atoms with E-state index in [9.17, 15) is 0 Å². The first-order valence-corrected chi connectivity index (χ1v) is 7.84. The predicted octanol–water partition coefficient (Wildman–Crippen LogP) is 4.06. The Bertz CT molecular complexity index is 626. The van der Waals surface area contributed by atoms with Gasteiger partial charge in [0.2, 0.25) is 0 Å². The lowest BCUT2D eigenvalue weighted by molar-refractivity contribution is 0.220. The Morgan fingerprint density at radius 3 is 2.81 bits per heavy atom. The summed E-state index contributed by atoms with van der Waals surface area (Å²) in [5.41, 5.74) is 8.58. The van der Waals surface area contributed by atoms with Crippen LogP contribution in [-0.2, 0) is 0 Å². The second-order valence-electron chi connectivity index (χ2n) is 7.20. The Labute approximate surface area is 126 Å². The van der Waals surface area contributed by atoms with Gasteiger partial charge in [-0.1, -0.05) is 20.8 Å². The van der Waals surface area contributed by atoms with E-state index in [4.69, 9.17) is 10.2 Å². The fraction of sp³-hybridized carbons (Fsp3) is 0.588. The maximum atomic E-state index is 5.90. The van der Waals surface area contributed by atoms with Gasteiger partial charge in [0.1, 0.15) is 5.52 Å². The van der Waals surface area contributed by atoms with Crippen LogP contribution in [0.25, 0.3) is 11.1 Å². The Morgan fingerprint density at radius 1 is 1.24 bits per heavy atom. The minimum Gasteiger partial charge on any atom is -0.423 e. The van der Waals surface area contributed by atoms with Gasteiger partial charge in [-0.25, -0.2) is 0 Å². The van der Waals surface area contributed by atoms with Crippen molar-refractivity contribution in [1.82, 2.24) is 4.98 Å². The topological polar surface area (TPSA) is 55.3 Å². The third-order valence-electron chi connectivity index (χ3n) is 4.62. The smallest absolute Gasteiger partial charge is 0.298 e. The fourth-order valence-corrected chi connectivity index (χ4v) is 3.22. The molecule has 114 valence electrons. The summed E-state index contributed by atoms with van der Waals surface area (Å²) in [6.45, 7) is 9.07. The molecule has 21 heavy (non-hydrogen) atoms. The highest BCUT2D eigenvalue weighted by Gasteiger charge is 2.28. The van der Waals surface area contributed by atoms with Crippen LogP contribution in [0.1, 0.15) is 40.0 Å². The van der Waals surface area contributed by atoms with Crippen molar-refractivity contribution in [2.24, 2.45) is 11.3 Å². The lowest BCUT2D eigenvalue weighted by Gasteiger charge is -2.29. The summed E-state index contributed by atoms with van der Waals surface area (Å²) >= 11 is 0. The number of anilines is 2. The van der Waals surface area contributed by atoms with Crippen LogP contribution in [0, 0.1) is 11.3 Å². The summed E-state index contributed by atoms with van der Waals surface area (Å²) in [5.74, 6) is 0.766. The molecule has 0 bridgehead atoms. The monoisotopic (exact) mass is 287 g/mol. The largest absolute Gasteiger partial charge is 0.423 e. The first kappa shape index (κ1) is 14.2. The average molecular weight is 287 g/mol. The van der Waals surface area contributed by atoms with Gasteiger partial charge in [-0.15, -0.1) is 0 Å². The second kappa shape index (κ2) is 5.24. The van der Waals surface area contributed by atoms with Crippen LogP contribution in [-0.4, -0.2) is 18.1 Å². The molecule has 2 aromatic rings. The molecule has 0 radical (unpaired) electrons. The van der Waals surface area contributed by atoms with Crippen LogP contribution in [0.15, 0.2) is 22.6 Å². The average Bonchev–Trinajstić information content (AvgIpc) is 2.65. The van der Waals surface area contributed by atoms with E-state index in [0.29, 0.717) is 5.41 Å². The predicted molar refractivity (Wildman–Crippen MR) is 87.4 cm³/mol. The van der Waals surface area contributed by atoms with Gasteiger partial charge in [0.25, 0.3) is 6.01 Å². The van der Waals surface area contributed by atoms with Crippen molar-refractivity contribution in [3.8, 4) is 0 Å². The molecular weight excluding hydrogens is 262 g/mol. The molecule has 1 aliphatic rings. The lowest BCUT2D eigenvalue weighted by atomic mass is 9.77. The number of hydrogen-bond acceptors (Lipinski definition) is 4. The Morgan fingerprint density at radius 2 is 2.05 bits per heavy atom. The summed E-state index contributed by atoms with van der Waals surface area (Å²) in [6.07, 6.45) is 3.68. The van der Waals surface area contributed by atoms with Crippen LogP contribution in [0.4, 0.5) is 11.7 Å². The molecule has 4 heteroatoms. The van der Waals surface area contributed by atoms with Crippen molar-refractivity contribution >= 4 is 22.8 Å². The third-order valence-corrected chi connectivity index (χ3v) is 4.62. The van der Waals surface area contributed by atoms with Gasteiger partial charge < -0.3 is 15.1 Å². The number of nitrogen functional groups attached to an aromatic ring is 1. The molecule has 1 saturated heterocycles. The highest BCUT2D eigenvalue weighted by Crippen LogP contribution is 2.35. The van der Waals surface area contributed by atoms with Gasteiger partial charge in [-0.05, 0) is 48.8 Å². The van der Waals surface area contributed by atoms with Crippen molar-refractivity contribution in [2.75, 3.05) is 23.7 Å². The van der Waals surface area contributed by atoms with Crippen LogP contribution in [0.5, 0.6) is 0 Å². The molecule has 0 aliphatic carbocycles. The summed E-state index contributed by atoms with van der Waals surface area (Å²) in [4.78, 5) is 6.89. The maximum Gasteiger partial charge on any atom is 0.298 e. The van der Waals surface area contributed by atoms with E-state index in [1.807, 2.05) is 18.2 Å².